The van der Waals surface area contributed by atoms with Gasteiger partial charge in [-0.1, -0.05) is 12.1 Å². The average molecular weight is 291 g/mol. The number of carboxylic acids is 1. The van der Waals surface area contributed by atoms with Gasteiger partial charge < -0.3 is 20.6 Å². The number of anilines is 1. The highest BCUT2D eigenvalue weighted by Gasteiger charge is 2.17. The molecule has 0 aromatic heterocycles. The molecule has 0 radical (unpaired) electrons. The van der Waals surface area contributed by atoms with Gasteiger partial charge in [-0.25, -0.2) is 9.59 Å². The summed E-state index contributed by atoms with van der Waals surface area (Å²) >= 11 is 0. The summed E-state index contributed by atoms with van der Waals surface area (Å²) in [6.45, 7) is 4.92. The zero-order chi connectivity index (χ0) is 15.2. The summed E-state index contributed by atoms with van der Waals surface area (Å²) in [5.41, 5.74) is 0.385. The van der Waals surface area contributed by atoms with E-state index in [-0.39, 0.29) is 17.6 Å². The predicted molar refractivity (Wildman–Crippen MR) is 80.7 cm³/mol. The van der Waals surface area contributed by atoms with Gasteiger partial charge in [0, 0.05) is 12.6 Å². The van der Waals surface area contributed by atoms with Crippen LogP contribution in [0.25, 0.3) is 0 Å². The lowest BCUT2D eigenvalue weighted by Gasteiger charge is -2.21. The molecule has 2 amide bonds. The van der Waals surface area contributed by atoms with Crippen molar-refractivity contribution >= 4 is 17.7 Å². The summed E-state index contributed by atoms with van der Waals surface area (Å²) in [5, 5.41) is 14.5. The molecule has 1 saturated heterocycles. The highest BCUT2D eigenvalue weighted by Crippen LogP contribution is 2.14. The topological polar surface area (TPSA) is 81.7 Å². The van der Waals surface area contributed by atoms with Crippen LogP contribution in [-0.2, 0) is 0 Å². The maximum atomic E-state index is 11.9. The summed E-state index contributed by atoms with van der Waals surface area (Å²) in [6.07, 6.45) is 2.43. The van der Waals surface area contributed by atoms with E-state index in [1.165, 1.54) is 18.9 Å². The number of carbonyl (C=O) groups is 2. The first-order valence-electron chi connectivity index (χ1n) is 7.18. The fourth-order valence-electron chi connectivity index (χ4n) is 2.56. The number of amides is 2. The number of nitrogens with one attached hydrogen (secondary N) is 2. The van der Waals surface area contributed by atoms with Gasteiger partial charge in [-0.2, -0.15) is 0 Å². The maximum Gasteiger partial charge on any atom is 0.337 e. The van der Waals surface area contributed by atoms with E-state index in [0.29, 0.717) is 5.69 Å². The standard InChI is InChI=1S/C15H21N3O3/c1-11(10-18-8-4-5-9-18)16-15(21)17-13-7-3-2-6-12(13)14(19)20/h2-3,6-7,11H,4-5,8-10H2,1H3,(H,19,20)(H2,16,17,21). The van der Waals surface area contributed by atoms with Crippen LogP contribution in [0, 0.1) is 0 Å². The molecule has 0 saturated carbocycles. The minimum absolute atomic E-state index is 0.0140. The van der Waals surface area contributed by atoms with Crippen molar-refractivity contribution in [3.8, 4) is 0 Å². The van der Waals surface area contributed by atoms with Crippen LogP contribution >= 0.6 is 0 Å². The Morgan fingerprint density at radius 1 is 1.29 bits per heavy atom. The summed E-state index contributed by atoms with van der Waals surface area (Å²) in [7, 11) is 0. The molecule has 1 aliphatic rings. The molecular formula is C15H21N3O3. The molecule has 114 valence electrons. The Balaban J connectivity index is 1.88. The SMILES string of the molecule is CC(CN1CCCC1)NC(=O)Nc1ccccc1C(=O)O. The molecule has 0 spiro atoms. The number of aromatic carboxylic acids is 1. The molecule has 3 N–H and O–H groups in total. The van der Waals surface area contributed by atoms with Gasteiger partial charge in [-0.3, -0.25) is 0 Å². The van der Waals surface area contributed by atoms with Gasteiger partial charge in [0.25, 0.3) is 0 Å². The Bertz CT molecular complexity index is 513. The average Bonchev–Trinajstić information content (AvgIpc) is 2.91. The Morgan fingerprint density at radius 2 is 1.95 bits per heavy atom. The third-order valence-electron chi connectivity index (χ3n) is 3.51. The highest BCUT2D eigenvalue weighted by atomic mass is 16.4. The highest BCUT2D eigenvalue weighted by molar-refractivity contribution is 5.99. The first-order chi connectivity index (χ1) is 10.1. The first-order valence-corrected chi connectivity index (χ1v) is 7.18. The fraction of sp³-hybridized carbons (Fsp3) is 0.467. The second kappa shape index (κ2) is 7.08. The van der Waals surface area contributed by atoms with Gasteiger partial charge in [-0.15, -0.1) is 0 Å². The van der Waals surface area contributed by atoms with Crippen molar-refractivity contribution in [2.75, 3.05) is 25.0 Å². The van der Waals surface area contributed by atoms with Gasteiger partial charge >= 0.3 is 12.0 Å². The molecule has 6 heteroatoms. The van der Waals surface area contributed by atoms with Crippen LogP contribution in [0.1, 0.15) is 30.1 Å². The lowest BCUT2D eigenvalue weighted by atomic mass is 10.2. The number of hydrogen-bond donors (Lipinski definition) is 3. The van der Waals surface area contributed by atoms with Crippen molar-refractivity contribution in [2.45, 2.75) is 25.8 Å². The molecule has 0 bridgehead atoms. The van der Waals surface area contributed by atoms with Crippen LogP contribution in [0.2, 0.25) is 0 Å². The Hall–Kier alpha value is -2.08. The number of rotatable bonds is 5. The minimum atomic E-state index is -1.06. The second-order valence-electron chi connectivity index (χ2n) is 5.36. The molecule has 1 fully saturated rings. The third kappa shape index (κ3) is 4.46. The van der Waals surface area contributed by atoms with Crippen molar-refractivity contribution in [3.05, 3.63) is 29.8 Å². The van der Waals surface area contributed by atoms with E-state index in [9.17, 15) is 9.59 Å². The summed E-state index contributed by atoms with van der Waals surface area (Å²) in [5.74, 6) is -1.06. The smallest absolute Gasteiger partial charge is 0.337 e. The zero-order valence-corrected chi connectivity index (χ0v) is 12.1. The normalized spacial score (nSPS) is 16.4. The third-order valence-corrected chi connectivity index (χ3v) is 3.51. The zero-order valence-electron chi connectivity index (χ0n) is 12.1. The molecule has 0 aliphatic carbocycles. The van der Waals surface area contributed by atoms with Crippen LogP contribution in [-0.4, -0.2) is 47.7 Å². The van der Waals surface area contributed by atoms with E-state index in [1.54, 1.807) is 18.2 Å². The summed E-state index contributed by atoms with van der Waals surface area (Å²) < 4.78 is 0. The minimum Gasteiger partial charge on any atom is -0.478 e. The van der Waals surface area contributed by atoms with E-state index >= 15 is 0 Å². The monoisotopic (exact) mass is 291 g/mol. The van der Waals surface area contributed by atoms with Crippen LogP contribution in [0.3, 0.4) is 0 Å². The first kappa shape index (κ1) is 15.3. The van der Waals surface area contributed by atoms with Crippen molar-refractivity contribution < 1.29 is 14.7 Å². The molecular weight excluding hydrogens is 270 g/mol. The van der Waals surface area contributed by atoms with Gasteiger partial charge in [-0.05, 0) is 45.0 Å². The number of benzene rings is 1. The van der Waals surface area contributed by atoms with Crippen molar-refractivity contribution in [1.29, 1.82) is 0 Å². The van der Waals surface area contributed by atoms with Crippen molar-refractivity contribution in [1.82, 2.24) is 10.2 Å². The van der Waals surface area contributed by atoms with Gasteiger partial charge in [0.05, 0.1) is 11.3 Å². The molecule has 1 unspecified atom stereocenters. The van der Waals surface area contributed by atoms with Crippen LogP contribution in [0.4, 0.5) is 10.5 Å². The number of urea groups is 1. The molecule has 1 atom stereocenters. The quantitative estimate of drug-likeness (QED) is 0.775. The Labute approximate surface area is 124 Å². The number of carboxylic acid groups (broad SMARTS) is 1. The number of hydrogen-bond acceptors (Lipinski definition) is 3. The van der Waals surface area contributed by atoms with E-state index < -0.39 is 5.97 Å². The molecule has 6 nitrogen and oxygen atoms in total. The second-order valence-corrected chi connectivity index (χ2v) is 5.36. The van der Waals surface area contributed by atoms with Gasteiger partial charge in [0.1, 0.15) is 0 Å². The molecule has 1 aromatic rings. The predicted octanol–water partition coefficient (Wildman–Crippen LogP) is 1.99. The number of nitrogens with zero attached hydrogens (tertiary/aromatic N) is 1. The van der Waals surface area contributed by atoms with Crippen LogP contribution in [0.5, 0.6) is 0 Å². The van der Waals surface area contributed by atoms with Gasteiger partial charge in [0.15, 0.2) is 0 Å². The summed E-state index contributed by atoms with van der Waals surface area (Å²) in [6, 6.07) is 5.99. The molecule has 1 aromatic carbocycles. The van der Waals surface area contributed by atoms with E-state index in [0.717, 1.165) is 19.6 Å². The Kier molecular flexibility index (Phi) is 5.16. The molecule has 2 rings (SSSR count). The van der Waals surface area contributed by atoms with E-state index in [2.05, 4.69) is 15.5 Å². The molecule has 1 aliphatic heterocycles. The van der Waals surface area contributed by atoms with Crippen LogP contribution < -0.4 is 10.6 Å². The Morgan fingerprint density at radius 3 is 2.62 bits per heavy atom. The van der Waals surface area contributed by atoms with E-state index in [4.69, 9.17) is 5.11 Å². The van der Waals surface area contributed by atoms with Crippen molar-refractivity contribution in [2.24, 2.45) is 0 Å². The lowest BCUT2D eigenvalue weighted by Crippen LogP contribution is -2.43. The van der Waals surface area contributed by atoms with Crippen molar-refractivity contribution in [3.63, 3.8) is 0 Å². The number of carbonyl (C=O) groups excluding carboxylic acids is 1. The van der Waals surface area contributed by atoms with Crippen LogP contribution in [0.15, 0.2) is 24.3 Å². The van der Waals surface area contributed by atoms with Gasteiger partial charge in [0.2, 0.25) is 0 Å². The number of likely N-dealkylation sites (tertiary alicyclic amines) is 1. The fourth-order valence-corrected chi connectivity index (χ4v) is 2.56. The summed E-state index contributed by atoms with van der Waals surface area (Å²) in [4.78, 5) is 25.3. The molecule has 21 heavy (non-hydrogen) atoms. The lowest BCUT2D eigenvalue weighted by molar-refractivity contribution is 0.0698. The van der Waals surface area contributed by atoms with E-state index in [1.807, 2.05) is 6.92 Å². The largest absolute Gasteiger partial charge is 0.478 e. The number of para-hydroxylation sites is 1. The molecule has 1 heterocycles. The maximum absolute atomic E-state index is 11.9.